The standard InChI is InChI=1S/C29H25IN2O2.C11H13NO2/c1-33-19-20-34-25-17-18-27-26(21-25)28(30)31-32(27)29(22-11-5-2-6-12-22,23-13-7-3-8-14-23)24-15-9-4-10-16-24;1-13-4-5-14-11-3-2-9-7-12-8-10(9)6-11/h2-18,21H,19-20H2,1H3;2-3,6,8H,4-5,7H2,1H3. The summed E-state index contributed by atoms with van der Waals surface area (Å²) in [5, 5.41) is 6.21. The van der Waals surface area contributed by atoms with Crippen molar-refractivity contribution < 1.29 is 18.9 Å². The Bertz CT molecular complexity index is 1850. The van der Waals surface area contributed by atoms with Crippen LogP contribution in [-0.4, -0.2) is 56.6 Å². The van der Waals surface area contributed by atoms with Crippen molar-refractivity contribution >= 4 is 39.7 Å². The summed E-state index contributed by atoms with van der Waals surface area (Å²) in [5.74, 6) is 1.70. The van der Waals surface area contributed by atoms with Crippen LogP contribution in [0, 0.1) is 3.70 Å². The third-order valence-corrected chi connectivity index (χ3v) is 9.02. The molecule has 48 heavy (non-hydrogen) atoms. The summed E-state index contributed by atoms with van der Waals surface area (Å²) in [6.07, 6.45) is 1.89. The Hall–Kier alpha value is -4.51. The van der Waals surface area contributed by atoms with E-state index in [9.17, 15) is 0 Å². The molecule has 7 rings (SSSR count). The normalized spacial score (nSPS) is 12.0. The smallest absolute Gasteiger partial charge is 0.138 e. The monoisotopic (exact) mass is 751 g/mol. The topological polar surface area (TPSA) is 67.1 Å². The van der Waals surface area contributed by atoms with Gasteiger partial charge in [-0.1, -0.05) is 97.1 Å². The number of halogens is 1. The second-order valence-electron chi connectivity index (χ2n) is 11.2. The van der Waals surface area contributed by atoms with Crippen LogP contribution < -0.4 is 9.47 Å². The van der Waals surface area contributed by atoms with Gasteiger partial charge < -0.3 is 18.9 Å². The Kier molecular flexibility index (Phi) is 11.2. The highest BCUT2D eigenvalue weighted by Crippen LogP contribution is 2.43. The van der Waals surface area contributed by atoms with E-state index in [2.05, 4.69) is 141 Å². The lowest BCUT2D eigenvalue weighted by atomic mass is 9.77. The number of nitrogens with zero attached hydrogens (tertiary/aromatic N) is 3. The van der Waals surface area contributed by atoms with Gasteiger partial charge in [0.1, 0.15) is 34.0 Å². The van der Waals surface area contributed by atoms with Gasteiger partial charge in [-0.25, -0.2) is 4.68 Å². The van der Waals surface area contributed by atoms with Crippen LogP contribution in [0.3, 0.4) is 0 Å². The zero-order chi connectivity index (χ0) is 33.2. The first-order valence-electron chi connectivity index (χ1n) is 15.9. The second kappa shape index (κ2) is 16.1. The molecule has 0 bridgehead atoms. The fraction of sp³-hybridized carbons (Fsp3) is 0.200. The average Bonchev–Trinajstić information content (AvgIpc) is 3.74. The average molecular weight is 752 g/mol. The van der Waals surface area contributed by atoms with Gasteiger partial charge in [-0.2, -0.15) is 5.10 Å². The molecule has 0 N–H and O–H groups in total. The first-order chi connectivity index (χ1) is 23.6. The summed E-state index contributed by atoms with van der Waals surface area (Å²) in [6.45, 7) is 3.06. The van der Waals surface area contributed by atoms with E-state index in [0.29, 0.717) is 26.4 Å². The quantitative estimate of drug-likeness (QED) is 0.0718. The van der Waals surface area contributed by atoms with Crippen molar-refractivity contribution in [2.45, 2.75) is 12.1 Å². The van der Waals surface area contributed by atoms with Crippen molar-refractivity contribution in [2.75, 3.05) is 40.6 Å². The van der Waals surface area contributed by atoms with Crippen LogP contribution in [0.5, 0.6) is 11.5 Å². The Morgan fingerprint density at radius 3 is 1.71 bits per heavy atom. The molecule has 1 aliphatic rings. The molecular weight excluding hydrogens is 713 g/mol. The largest absolute Gasteiger partial charge is 0.491 e. The van der Waals surface area contributed by atoms with Crippen LogP contribution in [0.1, 0.15) is 27.8 Å². The van der Waals surface area contributed by atoms with Gasteiger partial charge in [0, 0.05) is 31.4 Å². The van der Waals surface area contributed by atoms with Crippen LogP contribution in [-0.2, 0) is 21.6 Å². The van der Waals surface area contributed by atoms with Crippen LogP contribution in [0.2, 0.25) is 0 Å². The lowest BCUT2D eigenvalue weighted by molar-refractivity contribution is 0.146. The Labute approximate surface area is 295 Å². The first-order valence-corrected chi connectivity index (χ1v) is 16.9. The summed E-state index contributed by atoms with van der Waals surface area (Å²) in [7, 11) is 3.34. The fourth-order valence-electron chi connectivity index (χ4n) is 5.97. The number of aromatic nitrogens is 2. The van der Waals surface area contributed by atoms with Crippen LogP contribution in [0.15, 0.2) is 132 Å². The molecule has 1 aliphatic heterocycles. The van der Waals surface area contributed by atoms with E-state index in [0.717, 1.165) is 49.3 Å². The zero-order valence-electron chi connectivity index (χ0n) is 27.1. The van der Waals surface area contributed by atoms with Gasteiger partial charge in [0.15, 0.2) is 0 Å². The van der Waals surface area contributed by atoms with Gasteiger partial charge in [-0.15, -0.1) is 0 Å². The maximum atomic E-state index is 5.89. The highest BCUT2D eigenvalue weighted by atomic mass is 127. The molecule has 244 valence electrons. The SMILES string of the molecule is COCCOc1ccc2c(c1)C=NC2.COCCOc1ccc2c(c1)c(I)nn2C(c1ccccc1)(c1ccccc1)c1ccccc1. The molecule has 0 aliphatic carbocycles. The highest BCUT2D eigenvalue weighted by Gasteiger charge is 2.40. The second-order valence-corrected chi connectivity index (χ2v) is 12.2. The number of hydrogen-bond acceptors (Lipinski definition) is 6. The van der Waals surface area contributed by atoms with E-state index >= 15 is 0 Å². The van der Waals surface area contributed by atoms with E-state index in [1.165, 1.54) is 11.1 Å². The van der Waals surface area contributed by atoms with Gasteiger partial charge in [0.05, 0.1) is 25.3 Å². The van der Waals surface area contributed by atoms with Crippen molar-refractivity contribution in [3.63, 3.8) is 0 Å². The van der Waals surface area contributed by atoms with Gasteiger partial charge in [-0.05, 0) is 75.2 Å². The minimum Gasteiger partial charge on any atom is -0.491 e. The van der Waals surface area contributed by atoms with Gasteiger partial charge in [0.2, 0.25) is 0 Å². The molecule has 1 aromatic heterocycles. The predicted octanol–water partition coefficient (Wildman–Crippen LogP) is 8.15. The summed E-state index contributed by atoms with van der Waals surface area (Å²) in [5.41, 5.74) is 6.27. The predicted molar refractivity (Wildman–Crippen MR) is 200 cm³/mol. The number of fused-ring (bicyclic) bond motifs is 2. The minimum absolute atomic E-state index is 0.509. The molecule has 0 saturated heterocycles. The van der Waals surface area contributed by atoms with Crippen molar-refractivity contribution in [3.05, 3.63) is 159 Å². The van der Waals surface area contributed by atoms with Crippen LogP contribution in [0.4, 0.5) is 0 Å². The maximum Gasteiger partial charge on any atom is 0.138 e. The van der Waals surface area contributed by atoms with Crippen molar-refractivity contribution in [3.8, 4) is 11.5 Å². The number of aliphatic imine (C=N–C) groups is 1. The van der Waals surface area contributed by atoms with E-state index in [-0.39, 0.29) is 0 Å². The van der Waals surface area contributed by atoms with Gasteiger partial charge >= 0.3 is 0 Å². The lowest BCUT2D eigenvalue weighted by Gasteiger charge is -2.37. The summed E-state index contributed by atoms with van der Waals surface area (Å²) in [4.78, 5) is 4.18. The molecule has 0 spiro atoms. The van der Waals surface area contributed by atoms with Crippen molar-refractivity contribution in [2.24, 2.45) is 4.99 Å². The Balaban J connectivity index is 0.000000239. The van der Waals surface area contributed by atoms with E-state index in [1.54, 1.807) is 14.2 Å². The molecule has 0 unspecified atom stereocenters. The van der Waals surface area contributed by atoms with E-state index < -0.39 is 5.54 Å². The number of methoxy groups -OCH3 is 2. The first kappa shape index (κ1) is 33.4. The third kappa shape index (κ3) is 7.16. The molecular formula is C40H38IN3O4. The molecule has 2 heterocycles. The molecule has 0 atom stereocenters. The van der Waals surface area contributed by atoms with E-state index in [1.807, 2.05) is 24.4 Å². The lowest BCUT2D eigenvalue weighted by Crippen LogP contribution is -2.38. The number of benzene rings is 5. The summed E-state index contributed by atoms with van der Waals surface area (Å²) in [6, 6.07) is 44.1. The molecule has 0 radical (unpaired) electrons. The highest BCUT2D eigenvalue weighted by molar-refractivity contribution is 14.1. The third-order valence-electron chi connectivity index (χ3n) is 8.22. The maximum absolute atomic E-state index is 5.89. The number of hydrogen-bond donors (Lipinski definition) is 0. The molecule has 0 fully saturated rings. The van der Waals surface area contributed by atoms with Crippen molar-refractivity contribution in [1.29, 1.82) is 0 Å². The summed E-state index contributed by atoms with van der Waals surface area (Å²) < 4.78 is 24.5. The van der Waals surface area contributed by atoms with Crippen LogP contribution in [0.25, 0.3) is 10.9 Å². The van der Waals surface area contributed by atoms with Gasteiger partial charge in [-0.3, -0.25) is 4.99 Å². The molecule has 8 heteroatoms. The number of rotatable bonds is 12. The van der Waals surface area contributed by atoms with Gasteiger partial charge in [0.25, 0.3) is 0 Å². The zero-order valence-corrected chi connectivity index (χ0v) is 29.2. The van der Waals surface area contributed by atoms with E-state index in [4.69, 9.17) is 24.0 Å². The number of ether oxygens (including phenoxy) is 4. The summed E-state index contributed by atoms with van der Waals surface area (Å²) >= 11 is 2.33. The molecule has 0 saturated carbocycles. The Morgan fingerprint density at radius 2 is 1.17 bits per heavy atom. The fourth-order valence-corrected chi connectivity index (χ4v) is 6.61. The molecule has 0 amide bonds. The molecule has 7 nitrogen and oxygen atoms in total. The van der Waals surface area contributed by atoms with Crippen LogP contribution >= 0.6 is 22.6 Å². The minimum atomic E-state index is -0.649. The Morgan fingerprint density at radius 1 is 0.646 bits per heavy atom. The molecule has 5 aromatic carbocycles. The molecule has 6 aromatic rings. The van der Waals surface area contributed by atoms with Crippen molar-refractivity contribution in [1.82, 2.24) is 9.78 Å².